The van der Waals surface area contributed by atoms with E-state index in [0.717, 1.165) is 38.8 Å². The normalized spacial score (nSPS) is 19.9. The van der Waals surface area contributed by atoms with Crippen LogP contribution in [0.3, 0.4) is 0 Å². The Morgan fingerprint density at radius 1 is 1.24 bits per heavy atom. The summed E-state index contributed by atoms with van der Waals surface area (Å²) in [6, 6.07) is 0.208. The van der Waals surface area contributed by atoms with Crippen LogP contribution >= 0.6 is 12.2 Å². The summed E-state index contributed by atoms with van der Waals surface area (Å²) < 4.78 is 1.91. The smallest absolute Gasteiger partial charge is 0.264 e. The number of aromatic nitrogens is 2. The van der Waals surface area contributed by atoms with Crippen LogP contribution in [0.25, 0.3) is 0 Å². The molecule has 1 aliphatic carbocycles. The van der Waals surface area contributed by atoms with E-state index in [1.54, 1.807) is 4.57 Å². The molecule has 0 spiro atoms. The molecule has 6 nitrogen and oxygen atoms in total. The SMILES string of the molecule is O=c1[nH]c(=S)n(C2CC2)c(O)c1/C=N/N1CCCCCC1. The molecule has 2 heterocycles. The molecule has 1 saturated heterocycles. The second-order valence-electron chi connectivity index (χ2n) is 5.71. The lowest BCUT2D eigenvalue weighted by Gasteiger charge is -2.15. The van der Waals surface area contributed by atoms with Crippen molar-refractivity contribution in [3.63, 3.8) is 0 Å². The number of aromatic amines is 1. The fourth-order valence-corrected chi connectivity index (χ4v) is 2.98. The van der Waals surface area contributed by atoms with Crippen molar-refractivity contribution in [2.75, 3.05) is 13.1 Å². The van der Waals surface area contributed by atoms with Crippen molar-refractivity contribution in [2.45, 2.75) is 44.6 Å². The van der Waals surface area contributed by atoms with Gasteiger partial charge < -0.3 is 5.11 Å². The molecule has 1 aromatic heterocycles. The second-order valence-corrected chi connectivity index (χ2v) is 6.10. The molecule has 0 aromatic carbocycles. The van der Waals surface area contributed by atoms with Crippen molar-refractivity contribution in [1.82, 2.24) is 14.6 Å². The van der Waals surface area contributed by atoms with Crippen LogP contribution in [0.15, 0.2) is 9.90 Å². The summed E-state index contributed by atoms with van der Waals surface area (Å²) >= 11 is 5.12. The molecule has 1 saturated carbocycles. The molecule has 114 valence electrons. The molecule has 3 rings (SSSR count). The van der Waals surface area contributed by atoms with Gasteiger partial charge in [0.15, 0.2) is 4.77 Å². The van der Waals surface area contributed by atoms with Crippen molar-refractivity contribution in [3.05, 3.63) is 20.7 Å². The predicted octanol–water partition coefficient (Wildman–Crippen LogP) is 2.16. The second kappa shape index (κ2) is 6.01. The van der Waals surface area contributed by atoms with Crippen molar-refractivity contribution in [2.24, 2.45) is 5.10 Å². The maximum absolute atomic E-state index is 12.0. The lowest BCUT2D eigenvalue weighted by molar-refractivity contribution is 0.302. The maximum Gasteiger partial charge on any atom is 0.264 e. The number of aromatic hydroxyl groups is 1. The summed E-state index contributed by atoms with van der Waals surface area (Å²) in [6.45, 7) is 1.80. The number of nitrogens with zero attached hydrogens (tertiary/aromatic N) is 3. The third kappa shape index (κ3) is 3.18. The number of hydrazone groups is 1. The van der Waals surface area contributed by atoms with Gasteiger partial charge in [0.2, 0.25) is 5.88 Å². The van der Waals surface area contributed by atoms with E-state index in [1.165, 1.54) is 19.1 Å². The minimum Gasteiger partial charge on any atom is -0.494 e. The standard InChI is InChI=1S/C14H20N4O2S/c19-12-11(9-15-17-7-3-1-2-4-8-17)13(20)18(10-5-6-10)14(21)16-12/h9-10,20H,1-8H2,(H,16,19,21)/b15-9+. The molecule has 0 bridgehead atoms. The van der Waals surface area contributed by atoms with Crippen LogP contribution in [0.2, 0.25) is 0 Å². The molecule has 0 amide bonds. The van der Waals surface area contributed by atoms with E-state index >= 15 is 0 Å². The van der Waals surface area contributed by atoms with Crippen molar-refractivity contribution in [1.29, 1.82) is 0 Å². The van der Waals surface area contributed by atoms with Crippen LogP contribution in [0.4, 0.5) is 0 Å². The van der Waals surface area contributed by atoms with Crippen LogP contribution in [0.1, 0.15) is 50.1 Å². The molecule has 0 radical (unpaired) electrons. The summed E-state index contributed by atoms with van der Waals surface area (Å²) in [7, 11) is 0. The highest BCUT2D eigenvalue weighted by atomic mass is 32.1. The highest BCUT2D eigenvalue weighted by Gasteiger charge is 2.27. The number of hydrogen-bond acceptors (Lipinski definition) is 5. The van der Waals surface area contributed by atoms with E-state index in [0.29, 0.717) is 0 Å². The van der Waals surface area contributed by atoms with Crippen molar-refractivity contribution in [3.8, 4) is 5.88 Å². The number of rotatable bonds is 3. The molecule has 2 N–H and O–H groups in total. The number of nitrogens with one attached hydrogen (secondary N) is 1. The first-order chi connectivity index (χ1) is 10.2. The van der Waals surface area contributed by atoms with Gasteiger partial charge in [-0.3, -0.25) is 19.4 Å². The Hall–Kier alpha value is -1.63. The Morgan fingerprint density at radius 2 is 1.90 bits per heavy atom. The van der Waals surface area contributed by atoms with Gasteiger partial charge in [0, 0.05) is 19.1 Å². The Balaban J connectivity index is 1.89. The number of hydrogen-bond donors (Lipinski definition) is 2. The van der Waals surface area contributed by atoms with E-state index in [9.17, 15) is 9.90 Å². The molecule has 0 atom stereocenters. The van der Waals surface area contributed by atoms with Crippen molar-refractivity contribution >= 4 is 18.4 Å². The van der Waals surface area contributed by atoms with E-state index in [2.05, 4.69) is 10.1 Å². The van der Waals surface area contributed by atoms with Gasteiger partial charge in [-0.25, -0.2) is 0 Å². The lowest BCUT2D eigenvalue weighted by atomic mass is 10.2. The zero-order chi connectivity index (χ0) is 14.8. The van der Waals surface area contributed by atoms with Gasteiger partial charge in [-0.2, -0.15) is 5.10 Å². The highest BCUT2D eigenvalue weighted by Crippen LogP contribution is 2.37. The van der Waals surface area contributed by atoms with Crippen LogP contribution < -0.4 is 5.56 Å². The fraction of sp³-hybridized carbons (Fsp3) is 0.643. The van der Waals surface area contributed by atoms with Crippen molar-refractivity contribution < 1.29 is 5.11 Å². The van der Waals surface area contributed by atoms with Crippen LogP contribution in [0.5, 0.6) is 5.88 Å². The van der Waals surface area contributed by atoms with Gasteiger partial charge in [0.05, 0.1) is 6.21 Å². The molecule has 2 fully saturated rings. The molecule has 7 heteroatoms. The predicted molar refractivity (Wildman–Crippen MR) is 83.5 cm³/mol. The molecule has 2 aliphatic rings. The summed E-state index contributed by atoms with van der Waals surface area (Å²) in [4.78, 5) is 14.6. The summed E-state index contributed by atoms with van der Waals surface area (Å²) in [5.41, 5.74) is -0.187. The van der Waals surface area contributed by atoms with Gasteiger partial charge in [-0.15, -0.1) is 0 Å². The van der Waals surface area contributed by atoms with Crippen LogP contribution in [0, 0.1) is 4.77 Å². The third-order valence-electron chi connectivity index (χ3n) is 4.00. The van der Waals surface area contributed by atoms with Gasteiger partial charge in [-0.1, -0.05) is 12.8 Å². The largest absolute Gasteiger partial charge is 0.494 e. The molecule has 1 aromatic rings. The highest BCUT2D eigenvalue weighted by molar-refractivity contribution is 7.71. The zero-order valence-electron chi connectivity index (χ0n) is 11.9. The Bertz CT molecular complexity index is 652. The first-order valence-electron chi connectivity index (χ1n) is 7.53. The minimum absolute atomic E-state index is 0.0650. The lowest BCUT2D eigenvalue weighted by Crippen LogP contribution is -2.21. The summed E-state index contributed by atoms with van der Waals surface area (Å²) in [6.07, 6.45) is 8.12. The van der Waals surface area contributed by atoms with E-state index in [1.807, 2.05) is 5.01 Å². The Morgan fingerprint density at radius 3 is 2.52 bits per heavy atom. The molecular formula is C14H20N4O2S. The average molecular weight is 308 g/mol. The first-order valence-corrected chi connectivity index (χ1v) is 7.94. The van der Waals surface area contributed by atoms with Gasteiger partial charge in [-0.05, 0) is 37.9 Å². The van der Waals surface area contributed by atoms with Gasteiger partial charge in [0.25, 0.3) is 5.56 Å². The molecule has 21 heavy (non-hydrogen) atoms. The summed E-state index contributed by atoms with van der Waals surface area (Å²) in [5.74, 6) is -0.0650. The first kappa shape index (κ1) is 14.3. The Kier molecular flexibility index (Phi) is 4.10. The fourth-order valence-electron chi connectivity index (χ4n) is 2.65. The van der Waals surface area contributed by atoms with Crippen LogP contribution in [-0.2, 0) is 0 Å². The maximum atomic E-state index is 12.0. The quantitative estimate of drug-likeness (QED) is 0.663. The van der Waals surface area contributed by atoms with E-state index < -0.39 is 0 Å². The molecular weight excluding hydrogens is 288 g/mol. The minimum atomic E-state index is -0.382. The average Bonchev–Trinajstić information content (AvgIpc) is 3.25. The zero-order valence-corrected chi connectivity index (χ0v) is 12.7. The summed E-state index contributed by atoms with van der Waals surface area (Å²) in [5, 5.41) is 16.6. The third-order valence-corrected chi connectivity index (χ3v) is 4.30. The number of H-pyrrole nitrogens is 1. The van der Waals surface area contributed by atoms with E-state index in [4.69, 9.17) is 12.2 Å². The Labute approximate surface area is 128 Å². The topological polar surface area (TPSA) is 73.6 Å². The molecule has 1 aliphatic heterocycles. The monoisotopic (exact) mass is 308 g/mol. The van der Waals surface area contributed by atoms with E-state index in [-0.39, 0.29) is 27.8 Å². The van der Waals surface area contributed by atoms with Gasteiger partial charge >= 0.3 is 0 Å². The van der Waals surface area contributed by atoms with Gasteiger partial charge in [0.1, 0.15) is 5.56 Å². The van der Waals surface area contributed by atoms with Crippen LogP contribution in [-0.4, -0.2) is 39.0 Å². The molecule has 0 unspecified atom stereocenters.